The van der Waals surface area contributed by atoms with Crippen molar-refractivity contribution in [3.63, 3.8) is 0 Å². The second kappa shape index (κ2) is 17.2. The molecule has 6 aromatic carbocycles. The molecule has 2 heterocycles. The zero-order valence-electron chi connectivity index (χ0n) is 38.4. The van der Waals surface area contributed by atoms with Crippen LogP contribution in [0.15, 0.2) is 140 Å². The molecule has 0 bridgehead atoms. The van der Waals surface area contributed by atoms with E-state index in [2.05, 4.69) is 225 Å². The number of pyridine rings is 1. The van der Waals surface area contributed by atoms with Crippen molar-refractivity contribution >= 4 is 44.6 Å². The van der Waals surface area contributed by atoms with E-state index >= 15 is 0 Å². The molecular weight excluding hydrogens is 757 g/mol. The van der Waals surface area contributed by atoms with E-state index in [-0.39, 0.29) is 5.41 Å². The third-order valence-corrected chi connectivity index (χ3v) is 12.1. The minimum Gasteiger partial charge on any atom is -0.457 e. The Morgan fingerprint density at radius 2 is 1.10 bits per heavy atom. The molecule has 0 saturated heterocycles. The maximum Gasteiger partial charge on any atom is 0.137 e. The maximum absolute atomic E-state index is 7.01. The predicted molar refractivity (Wildman–Crippen MR) is 265 cm³/mol. The molecule has 8 rings (SSSR count). The van der Waals surface area contributed by atoms with Crippen LogP contribution in [0.1, 0.15) is 128 Å². The van der Waals surface area contributed by atoms with Gasteiger partial charge in [-0.3, -0.25) is 4.57 Å². The average molecular weight is 819 g/mol. The lowest BCUT2D eigenvalue weighted by Crippen LogP contribution is -2.12. The fraction of sp³-hybridized carbons (Fsp3) is 0.281. The van der Waals surface area contributed by atoms with Crippen molar-refractivity contribution in [3.05, 3.63) is 167 Å². The van der Waals surface area contributed by atoms with Gasteiger partial charge in [-0.1, -0.05) is 143 Å². The summed E-state index contributed by atoms with van der Waals surface area (Å²) in [6.07, 6.45) is 1.93. The van der Waals surface area contributed by atoms with Gasteiger partial charge in [0.15, 0.2) is 0 Å². The highest BCUT2D eigenvalue weighted by molar-refractivity contribution is 6.09. The van der Waals surface area contributed by atoms with Crippen LogP contribution in [-0.4, -0.2) is 9.55 Å². The van der Waals surface area contributed by atoms with Gasteiger partial charge in [0.2, 0.25) is 0 Å². The normalized spacial score (nSPS) is 12.0. The van der Waals surface area contributed by atoms with Gasteiger partial charge in [0, 0.05) is 40.5 Å². The van der Waals surface area contributed by atoms with Crippen molar-refractivity contribution < 1.29 is 4.74 Å². The first-order valence-corrected chi connectivity index (χ1v) is 22.4. The highest BCUT2D eigenvalue weighted by Gasteiger charge is 2.21. The minimum absolute atomic E-state index is 0.0166. The number of fused-ring (bicyclic) bond motifs is 3. The Bertz CT molecular complexity index is 2840. The summed E-state index contributed by atoms with van der Waals surface area (Å²) >= 11 is 0. The van der Waals surface area contributed by atoms with Crippen LogP contribution in [0.5, 0.6) is 11.5 Å². The van der Waals surface area contributed by atoms with E-state index < -0.39 is 0 Å². The number of benzene rings is 6. The van der Waals surface area contributed by atoms with Gasteiger partial charge in [0.1, 0.15) is 17.3 Å². The number of hydrogen-bond donors (Lipinski definition) is 2. The van der Waals surface area contributed by atoms with Crippen molar-refractivity contribution in [1.82, 2.24) is 9.55 Å². The largest absolute Gasteiger partial charge is 0.457 e. The molecule has 316 valence electrons. The molecule has 0 aliphatic carbocycles. The zero-order valence-corrected chi connectivity index (χ0v) is 38.4. The van der Waals surface area contributed by atoms with Crippen LogP contribution in [-0.2, 0) is 5.41 Å². The summed E-state index contributed by atoms with van der Waals surface area (Å²) < 4.78 is 9.29. The van der Waals surface area contributed by atoms with Crippen LogP contribution >= 0.6 is 0 Å². The van der Waals surface area contributed by atoms with Crippen LogP contribution in [0, 0.1) is 0 Å². The van der Waals surface area contributed by atoms with Gasteiger partial charge in [-0.05, 0) is 123 Å². The molecule has 0 spiro atoms. The number of nitrogens with one attached hydrogen (secondary N) is 2. The van der Waals surface area contributed by atoms with Crippen LogP contribution in [0.2, 0.25) is 0 Å². The van der Waals surface area contributed by atoms with E-state index in [9.17, 15) is 0 Å². The molecule has 0 fully saturated rings. The lowest BCUT2D eigenvalue weighted by atomic mass is 9.85. The Labute approximate surface area is 369 Å². The van der Waals surface area contributed by atoms with Crippen molar-refractivity contribution in [1.29, 1.82) is 0 Å². The molecule has 2 aromatic heterocycles. The number of ether oxygens (including phenoxy) is 1. The average Bonchev–Trinajstić information content (AvgIpc) is 3.57. The second-order valence-electron chi connectivity index (χ2n) is 19.1. The first-order valence-electron chi connectivity index (χ1n) is 22.4. The summed E-state index contributed by atoms with van der Waals surface area (Å²) in [7, 11) is 0. The lowest BCUT2D eigenvalue weighted by molar-refractivity contribution is 0.484. The van der Waals surface area contributed by atoms with E-state index in [0.29, 0.717) is 23.7 Å². The molecule has 0 atom stereocenters. The Morgan fingerprint density at radius 1 is 0.516 bits per heavy atom. The smallest absolute Gasteiger partial charge is 0.137 e. The number of nitrogens with zero attached hydrogens (tertiary/aromatic N) is 2. The molecule has 0 aliphatic rings. The fourth-order valence-corrected chi connectivity index (χ4v) is 8.85. The molecule has 0 amide bonds. The van der Waals surface area contributed by atoms with E-state index in [0.717, 1.165) is 56.4 Å². The predicted octanol–water partition coefficient (Wildman–Crippen LogP) is 16.9. The fourth-order valence-electron chi connectivity index (χ4n) is 8.85. The van der Waals surface area contributed by atoms with Crippen molar-refractivity contribution in [2.24, 2.45) is 0 Å². The van der Waals surface area contributed by atoms with Gasteiger partial charge < -0.3 is 15.4 Å². The van der Waals surface area contributed by atoms with Gasteiger partial charge in [0.05, 0.1) is 22.4 Å². The van der Waals surface area contributed by atoms with E-state index in [4.69, 9.17) is 9.72 Å². The molecule has 5 nitrogen and oxygen atoms in total. The van der Waals surface area contributed by atoms with Crippen LogP contribution in [0.4, 0.5) is 22.7 Å². The van der Waals surface area contributed by atoms with Crippen LogP contribution < -0.4 is 15.4 Å². The molecule has 5 heteroatoms. The Balaban J connectivity index is 1.27. The Kier molecular flexibility index (Phi) is 11.8. The Morgan fingerprint density at radius 3 is 1.73 bits per heavy atom. The molecule has 0 saturated carbocycles. The lowest BCUT2D eigenvalue weighted by Gasteiger charge is -2.23. The monoisotopic (exact) mass is 818 g/mol. The zero-order chi connectivity index (χ0) is 43.9. The third kappa shape index (κ3) is 8.46. The number of para-hydroxylation sites is 4. The first kappa shape index (κ1) is 42.4. The topological polar surface area (TPSA) is 51.1 Å². The molecule has 0 radical (unpaired) electrons. The Hall–Kier alpha value is -6.33. The summed E-state index contributed by atoms with van der Waals surface area (Å²) in [5.74, 6) is 3.81. The summed E-state index contributed by atoms with van der Waals surface area (Å²) in [5.41, 5.74) is 15.2. The number of anilines is 4. The standard InChI is InChI=1S/C57H62N4O/c1-35(2)44-19-16-20-45(36(3)4)55(44)39-30-41(59-50-23-13-14-24-51(50)60-56-46(37(5)6)21-17-22-47(56)38(7)8)33-43(31-39)62-42-26-27-49-48-18-12-15-25-52(48)61(53(49)34-42)54-32-40(28-29-58-54)57(9,10)11/h12-38,59-60H,1-11H3. The summed E-state index contributed by atoms with van der Waals surface area (Å²) in [6.45, 7) is 24.9. The van der Waals surface area contributed by atoms with Crippen LogP contribution in [0.25, 0.3) is 38.8 Å². The molecule has 0 unspecified atom stereocenters. The second-order valence-corrected chi connectivity index (χ2v) is 19.1. The van der Waals surface area contributed by atoms with Gasteiger partial charge in [0.25, 0.3) is 0 Å². The van der Waals surface area contributed by atoms with Gasteiger partial charge >= 0.3 is 0 Å². The SMILES string of the molecule is CC(C)c1cccc(C(C)C)c1Nc1ccccc1Nc1cc(Oc2ccc3c4ccccc4n(-c4cc(C(C)(C)C)ccn4)c3c2)cc(-c2c(C(C)C)cccc2C(C)C)c1. The van der Waals surface area contributed by atoms with Crippen molar-refractivity contribution in [3.8, 4) is 28.4 Å². The van der Waals surface area contributed by atoms with E-state index in [1.54, 1.807) is 0 Å². The quantitative estimate of drug-likeness (QED) is 0.129. The van der Waals surface area contributed by atoms with Gasteiger partial charge in [-0.15, -0.1) is 0 Å². The van der Waals surface area contributed by atoms with Crippen molar-refractivity contribution in [2.75, 3.05) is 10.6 Å². The summed E-state index contributed by atoms with van der Waals surface area (Å²) in [5, 5.41) is 10.1. The summed E-state index contributed by atoms with van der Waals surface area (Å²) in [4.78, 5) is 4.92. The molecule has 8 aromatic rings. The minimum atomic E-state index is -0.0166. The highest BCUT2D eigenvalue weighted by Crippen LogP contribution is 2.43. The number of rotatable bonds is 12. The van der Waals surface area contributed by atoms with Gasteiger partial charge in [-0.2, -0.15) is 0 Å². The van der Waals surface area contributed by atoms with Gasteiger partial charge in [-0.25, -0.2) is 4.98 Å². The molecule has 0 aliphatic heterocycles. The van der Waals surface area contributed by atoms with Crippen LogP contribution in [0.3, 0.4) is 0 Å². The van der Waals surface area contributed by atoms with Crippen molar-refractivity contribution in [2.45, 2.75) is 105 Å². The number of hydrogen-bond acceptors (Lipinski definition) is 4. The molecular formula is C57H62N4O. The highest BCUT2D eigenvalue weighted by atomic mass is 16.5. The maximum atomic E-state index is 7.01. The van der Waals surface area contributed by atoms with E-state index in [1.807, 2.05) is 6.20 Å². The number of aromatic nitrogens is 2. The molecule has 62 heavy (non-hydrogen) atoms. The van der Waals surface area contributed by atoms with E-state index in [1.165, 1.54) is 44.5 Å². The first-order chi connectivity index (χ1) is 29.7. The summed E-state index contributed by atoms with van der Waals surface area (Å²) in [6, 6.07) is 47.9. The molecule has 2 N–H and O–H groups in total. The third-order valence-electron chi connectivity index (χ3n) is 12.1.